The number of ether oxygens (including phenoxy) is 1. The molecule has 2 aromatic carbocycles. The maximum Gasteiger partial charge on any atom is 0.415 e. The van der Waals surface area contributed by atoms with Crippen molar-refractivity contribution in [2.75, 3.05) is 31.1 Å². The smallest absolute Gasteiger partial charge is 0.410 e. The summed E-state index contributed by atoms with van der Waals surface area (Å²) in [4.78, 5) is 36.4. The lowest BCUT2D eigenvalue weighted by Crippen LogP contribution is -2.48. The summed E-state index contributed by atoms with van der Waals surface area (Å²) in [5.74, 6) is -1.04. The summed E-state index contributed by atoms with van der Waals surface area (Å²) in [6.07, 6.45) is 1.76. The first-order valence-electron chi connectivity index (χ1n) is 13.1. The number of carbonyl (C=O) groups excluding carboxylic acids is 2. The average Bonchev–Trinajstić information content (AvgIpc) is 3.40. The van der Waals surface area contributed by atoms with Gasteiger partial charge >= 0.3 is 6.09 Å². The minimum absolute atomic E-state index is 0.00252. The van der Waals surface area contributed by atoms with E-state index in [2.05, 4.69) is 4.98 Å². The van der Waals surface area contributed by atoms with Gasteiger partial charge in [-0.25, -0.2) is 22.9 Å². The molecular formula is C29H26ClF3N4O3. The van der Waals surface area contributed by atoms with Crippen LogP contribution in [-0.2, 0) is 11.3 Å². The van der Waals surface area contributed by atoms with Gasteiger partial charge in [0.2, 0.25) is 5.91 Å². The molecule has 2 atom stereocenters. The number of amides is 2. The van der Waals surface area contributed by atoms with Crippen LogP contribution in [0.1, 0.15) is 29.9 Å². The molecule has 0 spiro atoms. The van der Waals surface area contributed by atoms with Gasteiger partial charge in [0.15, 0.2) is 0 Å². The molecule has 0 saturated carbocycles. The molecule has 0 N–H and O–H groups in total. The highest BCUT2D eigenvalue weighted by Gasteiger charge is 2.47. The Bertz CT molecular complexity index is 1430. The van der Waals surface area contributed by atoms with E-state index >= 15 is 0 Å². The molecule has 0 bridgehead atoms. The summed E-state index contributed by atoms with van der Waals surface area (Å²) < 4.78 is 46.5. The van der Waals surface area contributed by atoms with Crippen LogP contribution in [0.25, 0.3) is 0 Å². The highest BCUT2D eigenvalue weighted by Crippen LogP contribution is 2.41. The summed E-state index contributed by atoms with van der Waals surface area (Å²) in [7, 11) is 0. The number of pyridine rings is 1. The zero-order valence-electron chi connectivity index (χ0n) is 21.4. The van der Waals surface area contributed by atoms with Crippen LogP contribution in [0.3, 0.4) is 0 Å². The van der Waals surface area contributed by atoms with Gasteiger partial charge in [-0.1, -0.05) is 11.6 Å². The summed E-state index contributed by atoms with van der Waals surface area (Å²) in [5, 5.41) is -0.00797. The fourth-order valence-electron chi connectivity index (χ4n) is 6.01. The third-order valence-corrected chi connectivity index (χ3v) is 8.35. The van der Waals surface area contributed by atoms with Gasteiger partial charge in [0, 0.05) is 44.6 Å². The fraction of sp³-hybridized carbons (Fsp3) is 0.345. The number of piperidine rings is 1. The number of halogens is 4. The van der Waals surface area contributed by atoms with Crippen LogP contribution in [0, 0.1) is 23.4 Å². The van der Waals surface area contributed by atoms with Crippen molar-refractivity contribution in [3.05, 3.63) is 88.3 Å². The maximum absolute atomic E-state index is 14.4. The molecule has 40 heavy (non-hydrogen) atoms. The van der Waals surface area contributed by atoms with Crippen LogP contribution in [0.2, 0.25) is 5.02 Å². The molecular weight excluding hydrogens is 545 g/mol. The molecule has 3 aliphatic heterocycles. The van der Waals surface area contributed by atoms with Crippen molar-refractivity contribution in [3.8, 4) is 5.75 Å². The molecule has 2 saturated heterocycles. The van der Waals surface area contributed by atoms with Crippen molar-refractivity contribution in [2.45, 2.75) is 31.3 Å². The first kappa shape index (κ1) is 26.4. The van der Waals surface area contributed by atoms with E-state index in [1.165, 1.54) is 47.5 Å². The largest absolute Gasteiger partial charge is 0.415 e. The number of rotatable bonds is 3. The van der Waals surface area contributed by atoms with Crippen molar-refractivity contribution in [1.82, 2.24) is 14.8 Å². The summed E-state index contributed by atoms with van der Waals surface area (Å²) in [6, 6.07) is 10.6. The minimum Gasteiger partial charge on any atom is -0.410 e. The molecule has 4 heterocycles. The highest BCUT2D eigenvalue weighted by molar-refractivity contribution is 6.30. The molecule has 2 fully saturated rings. The van der Waals surface area contributed by atoms with Crippen LogP contribution < -0.4 is 9.64 Å². The molecule has 11 heteroatoms. The summed E-state index contributed by atoms with van der Waals surface area (Å²) in [5.41, 5.74) is 1.42. The zero-order valence-corrected chi connectivity index (χ0v) is 22.2. The van der Waals surface area contributed by atoms with Gasteiger partial charge in [-0.05, 0) is 72.5 Å². The Balaban J connectivity index is 1.19. The van der Waals surface area contributed by atoms with Crippen molar-refractivity contribution >= 4 is 29.4 Å². The van der Waals surface area contributed by atoms with Crippen molar-refractivity contribution < 1.29 is 27.5 Å². The summed E-state index contributed by atoms with van der Waals surface area (Å²) >= 11 is 6.13. The predicted molar refractivity (Wildman–Crippen MR) is 142 cm³/mol. The number of aromatic nitrogens is 1. The van der Waals surface area contributed by atoms with E-state index in [-0.39, 0.29) is 35.1 Å². The van der Waals surface area contributed by atoms with Gasteiger partial charge in [-0.15, -0.1) is 0 Å². The Morgan fingerprint density at radius 3 is 2.38 bits per heavy atom. The Hall–Kier alpha value is -3.79. The molecule has 208 valence electrons. The van der Waals surface area contributed by atoms with Crippen LogP contribution in [0.15, 0.2) is 54.7 Å². The van der Waals surface area contributed by atoms with E-state index in [1.54, 1.807) is 17.0 Å². The maximum atomic E-state index is 14.4. The van der Waals surface area contributed by atoms with Crippen molar-refractivity contribution in [2.24, 2.45) is 5.92 Å². The van der Waals surface area contributed by atoms with Gasteiger partial charge in [0.05, 0.1) is 17.3 Å². The van der Waals surface area contributed by atoms with Crippen LogP contribution >= 0.6 is 11.6 Å². The molecule has 2 amide bonds. The topological polar surface area (TPSA) is 66.0 Å². The molecule has 1 aromatic heterocycles. The van der Waals surface area contributed by atoms with Crippen molar-refractivity contribution in [3.63, 3.8) is 0 Å². The Kier molecular flexibility index (Phi) is 7.04. The van der Waals surface area contributed by atoms with Crippen molar-refractivity contribution in [1.29, 1.82) is 0 Å². The van der Waals surface area contributed by atoms with Gasteiger partial charge < -0.3 is 14.5 Å². The molecule has 0 unspecified atom stereocenters. The Morgan fingerprint density at radius 1 is 0.950 bits per heavy atom. The zero-order chi connectivity index (χ0) is 28.0. The number of nitrogens with zero attached hydrogens (tertiary/aromatic N) is 4. The second kappa shape index (κ2) is 10.6. The van der Waals surface area contributed by atoms with E-state index in [1.807, 2.05) is 4.90 Å². The minimum atomic E-state index is -0.656. The first-order chi connectivity index (χ1) is 19.3. The van der Waals surface area contributed by atoms with E-state index in [9.17, 15) is 22.8 Å². The number of benzene rings is 2. The number of fused-ring (bicyclic) bond motifs is 3. The molecule has 0 radical (unpaired) electrons. The SMILES string of the molecule is O=C(C1CCN(c2ccc(F)cn2)CC1)N1C[C@@H]2[C@@H](C1)c1cc(Cl)c(F)cc1CN2C(=O)Oc1ccc(F)cc1. The van der Waals surface area contributed by atoms with Gasteiger partial charge in [-0.3, -0.25) is 9.69 Å². The van der Waals surface area contributed by atoms with Crippen LogP contribution in [0.5, 0.6) is 5.75 Å². The standard InChI is InChI=1S/C29H26ClF3N4O3/c30-24-12-22-18(11-25(24)33)14-37(29(39)40-21-4-1-19(31)2-5-21)26-16-36(15-23(22)26)28(38)17-7-9-35(10-8-17)27-6-3-20(32)13-34-27/h1-6,11-13,17,23,26H,7-10,14-16H2/t23-,26+/m0/s1. The lowest BCUT2D eigenvalue weighted by Gasteiger charge is -2.37. The van der Waals surface area contributed by atoms with E-state index in [4.69, 9.17) is 16.3 Å². The number of likely N-dealkylation sites (tertiary alicyclic amines) is 1. The van der Waals surface area contributed by atoms with E-state index < -0.39 is 29.6 Å². The van der Waals surface area contributed by atoms with E-state index in [0.717, 1.165) is 5.56 Å². The average molecular weight is 571 g/mol. The highest BCUT2D eigenvalue weighted by atomic mass is 35.5. The number of hydrogen-bond donors (Lipinski definition) is 0. The predicted octanol–water partition coefficient (Wildman–Crippen LogP) is 5.38. The molecule has 3 aliphatic rings. The third kappa shape index (κ3) is 5.08. The quantitative estimate of drug-likeness (QED) is 0.423. The van der Waals surface area contributed by atoms with Gasteiger partial charge in [-0.2, -0.15) is 0 Å². The number of anilines is 1. The Labute approximate surface area is 234 Å². The molecule has 7 nitrogen and oxygen atoms in total. The lowest BCUT2D eigenvalue weighted by molar-refractivity contribution is -0.135. The van der Waals surface area contributed by atoms with Crippen LogP contribution in [-0.4, -0.2) is 59.0 Å². The molecule has 0 aliphatic carbocycles. The monoisotopic (exact) mass is 570 g/mol. The van der Waals surface area contributed by atoms with Gasteiger partial charge in [0.1, 0.15) is 29.0 Å². The lowest BCUT2D eigenvalue weighted by atomic mass is 9.85. The first-order valence-corrected chi connectivity index (χ1v) is 13.5. The van der Waals surface area contributed by atoms with E-state index in [0.29, 0.717) is 50.4 Å². The number of hydrogen-bond acceptors (Lipinski definition) is 5. The number of carbonyl (C=O) groups is 2. The fourth-order valence-corrected chi connectivity index (χ4v) is 6.18. The second-order valence-corrected chi connectivity index (χ2v) is 10.8. The normalized spacial score (nSPS) is 20.8. The Morgan fingerprint density at radius 2 is 1.68 bits per heavy atom. The van der Waals surface area contributed by atoms with Crippen LogP contribution in [0.4, 0.5) is 23.8 Å². The van der Waals surface area contributed by atoms with Gasteiger partial charge in [0.25, 0.3) is 0 Å². The molecule has 6 rings (SSSR count). The second-order valence-electron chi connectivity index (χ2n) is 10.4. The molecule has 3 aromatic rings. The third-order valence-electron chi connectivity index (χ3n) is 8.06. The summed E-state index contributed by atoms with van der Waals surface area (Å²) in [6.45, 7) is 1.98.